The lowest BCUT2D eigenvalue weighted by molar-refractivity contribution is 0.431. The fraction of sp³-hybridized carbons (Fsp3) is 0.0526. The summed E-state index contributed by atoms with van der Waals surface area (Å²) in [6.45, 7) is 0. The highest BCUT2D eigenvalue weighted by Crippen LogP contribution is 2.56. The van der Waals surface area contributed by atoms with Crippen LogP contribution in [0.2, 0.25) is 20.1 Å². The third kappa shape index (κ3) is 3.44. The highest BCUT2D eigenvalue weighted by atomic mass is 35.5. The highest BCUT2D eigenvalue weighted by molar-refractivity contribution is 7.87. The maximum Gasteiger partial charge on any atom is 0.283 e. The van der Waals surface area contributed by atoms with Gasteiger partial charge in [0, 0.05) is 10.6 Å². The normalized spacial score (nSPS) is 13.8. The summed E-state index contributed by atoms with van der Waals surface area (Å²) in [5.41, 5.74) is -0.464. The number of rotatable bonds is 4. The molecule has 0 saturated heterocycles. The smallest absolute Gasteiger partial charge is 0.283 e. The Morgan fingerprint density at radius 2 is 1.21 bits per heavy atom. The van der Waals surface area contributed by atoms with Crippen molar-refractivity contribution in [3.63, 3.8) is 0 Å². The second kappa shape index (κ2) is 7.87. The predicted molar refractivity (Wildman–Crippen MR) is 114 cm³/mol. The molecule has 0 radical (unpaired) electrons. The van der Waals surface area contributed by atoms with Gasteiger partial charge in [-0.3, -0.25) is 4.55 Å². The summed E-state index contributed by atoms with van der Waals surface area (Å²) >= 11 is 24.2. The molecule has 0 heterocycles. The maximum atomic E-state index is 13.0. The van der Waals surface area contributed by atoms with Gasteiger partial charge in [0.1, 0.15) is 15.8 Å². The standard InChI is InChI=1S/C19H12Cl4O5S/c20-12-8-6-11(7-9-12)19(29(26,27)28,10-4-2-1-3-5-10)13-14(21)15(22)18(25)16(23)17(13)24/h1-9,24-25H,(H,26,27,28). The van der Waals surface area contributed by atoms with Crippen LogP contribution in [0, 0.1) is 0 Å². The predicted octanol–water partition coefficient (Wildman–Crippen LogP) is 5.89. The van der Waals surface area contributed by atoms with Crippen molar-refractivity contribution in [1.29, 1.82) is 0 Å². The summed E-state index contributed by atoms with van der Waals surface area (Å²) in [5, 5.41) is 19.4. The van der Waals surface area contributed by atoms with E-state index in [0.717, 1.165) is 0 Å². The van der Waals surface area contributed by atoms with Crippen LogP contribution in [0.3, 0.4) is 0 Å². The fourth-order valence-corrected chi connectivity index (χ4v) is 5.45. The van der Waals surface area contributed by atoms with E-state index in [-0.39, 0.29) is 11.1 Å². The second-order valence-corrected chi connectivity index (χ2v) is 9.18. The van der Waals surface area contributed by atoms with Crippen molar-refractivity contribution in [3.05, 3.63) is 91.4 Å². The van der Waals surface area contributed by atoms with Crippen molar-refractivity contribution in [1.82, 2.24) is 0 Å². The molecule has 1 atom stereocenters. The molecule has 0 amide bonds. The molecule has 0 aliphatic rings. The van der Waals surface area contributed by atoms with Crippen LogP contribution in [-0.2, 0) is 14.9 Å². The molecule has 5 nitrogen and oxygen atoms in total. The zero-order chi connectivity index (χ0) is 21.6. The number of aromatic hydroxyl groups is 2. The average molecular weight is 494 g/mol. The number of hydrogen-bond donors (Lipinski definition) is 3. The van der Waals surface area contributed by atoms with Crippen LogP contribution in [-0.4, -0.2) is 23.2 Å². The summed E-state index contributed by atoms with van der Waals surface area (Å²) in [5.74, 6) is -1.58. The van der Waals surface area contributed by atoms with Crippen molar-refractivity contribution in [3.8, 4) is 11.5 Å². The molecule has 3 N–H and O–H groups in total. The lowest BCUT2D eigenvalue weighted by atomic mass is 9.83. The SMILES string of the molecule is O=S(=O)(O)C(c1ccccc1)(c1ccc(Cl)cc1)c1c(O)c(Cl)c(O)c(Cl)c1Cl. The van der Waals surface area contributed by atoms with Crippen molar-refractivity contribution in [2.45, 2.75) is 4.75 Å². The van der Waals surface area contributed by atoms with E-state index in [9.17, 15) is 23.2 Å². The van der Waals surface area contributed by atoms with Gasteiger partial charge in [-0.15, -0.1) is 0 Å². The minimum absolute atomic E-state index is 0.00521. The Morgan fingerprint density at radius 1 is 0.690 bits per heavy atom. The minimum Gasteiger partial charge on any atom is -0.506 e. The molecule has 3 aromatic carbocycles. The number of hydrogen-bond acceptors (Lipinski definition) is 4. The van der Waals surface area contributed by atoms with E-state index in [1.165, 1.54) is 36.4 Å². The zero-order valence-electron chi connectivity index (χ0n) is 14.3. The third-order valence-electron chi connectivity index (χ3n) is 4.44. The molecule has 0 aliphatic heterocycles. The Labute approximate surface area is 186 Å². The Kier molecular flexibility index (Phi) is 5.98. The molecule has 152 valence electrons. The van der Waals surface area contributed by atoms with Gasteiger partial charge in [0.15, 0.2) is 10.5 Å². The first-order valence-corrected chi connectivity index (χ1v) is 10.9. The van der Waals surface area contributed by atoms with Gasteiger partial charge in [-0.1, -0.05) is 88.9 Å². The molecule has 0 fully saturated rings. The average Bonchev–Trinajstić information content (AvgIpc) is 2.69. The lowest BCUT2D eigenvalue weighted by Crippen LogP contribution is -2.38. The van der Waals surface area contributed by atoms with Crippen molar-refractivity contribution in [2.75, 3.05) is 0 Å². The molecule has 29 heavy (non-hydrogen) atoms. The highest BCUT2D eigenvalue weighted by Gasteiger charge is 2.52. The van der Waals surface area contributed by atoms with Crippen LogP contribution >= 0.6 is 46.4 Å². The Hall–Kier alpha value is -1.67. The molecule has 0 saturated carbocycles. The van der Waals surface area contributed by atoms with Gasteiger partial charge < -0.3 is 10.2 Å². The first-order valence-electron chi connectivity index (χ1n) is 7.91. The van der Waals surface area contributed by atoms with E-state index in [0.29, 0.717) is 5.02 Å². The molecule has 0 aromatic heterocycles. The van der Waals surface area contributed by atoms with Crippen LogP contribution in [0.5, 0.6) is 11.5 Å². The number of halogens is 4. The van der Waals surface area contributed by atoms with Crippen molar-refractivity contribution in [2.24, 2.45) is 0 Å². The third-order valence-corrected chi connectivity index (χ3v) is 7.34. The molecule has 0 aliphatic carbocycles. The van der Waals surface area contributed by atoms with Crippen LogP contribution in [0.25, 0.3) is 0 Å². The number of phenolic OH excluding ortho intramolecular Hbond substituents is 2. The van der Waals surface area contributed by atoms with Gasteiger partial charge in [0.05, 0.1) is 5.02 Å². The van der Waals surface area contributed by atoms with Crippen LogP contribution < -0.4 is 0 Å². The van der Waals surface area contributed by atoms with Crippen LogP contribution in [0.4, 0.5) is 0 Å². The van der Waals surface area contributed by atoms with Crippen LogP contribution in [0.1, 0.15) is 16.7 Å². The van der Waals surface area contributed by atoms with E-state index in [1.807, 2.05) is 0 Å². The van der Waals surface area contributed by atoms with E-state index >= 15 is 0 Å². The Bertz CT molecular complexity index is 1150. The first kappa shape index (κ1) is 22.0. The first-order chi connectivity index (χ1) is 13.5. The molecular weight excluding hydrogens is 482 g/mol. The van der Waals surface area contributed by atoms with Gasteiger partial charge in [0.25, 0.3) is 10.1 Å². The van der Waals surface area contributed by atoms with Gasteiger partial charge in [-0.05, 0) is 23.3 Å². The Balaban J connectivity index is 2.64. The largest absolute Gasteiger partial charge is 0.506 e. The van der Waals surface area contributed by atoms with Crippen molar-refractivity contribution >= 4 is 56.5 Å². The van der Waals surface area contributed by atoms with E-state index in [1.54, 1.807) is 18.2 Å². The monoisotopic (exact) mass is 492 g/mol. The molecule has 10 heteroatoms. The van der Waals surface area contributed by atoms with Gasteiger partial charge in [0.2, 0.25) is 0 Å². The Morgan fingerprint density at radius 3 is 1.72 bits per heavy atom. The van der Waals surface area contributed by atoms with E-state index in [2.05, 4.69) is 0 Å². The zero-order valence-corrected chi connectivity index (χ0v) is 18.1. The quantitative estimate of drug-likeness (QED) is 0.239. The second-order valence-electron chi connectivity index (χ2n) is 6.04. The molecule has 0 bridgehead atoms. The van der Waals surface area contributed by atoms with E-state index < -0.39 is 47.0 Å². The summed E-state index contributed by atoms with van der Waals surface area (Å²) in [4.78, 5) is 0. The summed E-state index contributed by atoms with van der Waals surface area (Å²) in [6, 6.07) is 13.1. The minimum atomic E-state index is -5.08. The van der Waals surface area contributed by atoms with Gasteiger partial charge in [-0.2, -0.15) is 8.42 Å². The maximum absolute atomic E-state index is 13.0. The summed E-state index contributed by atoms with van der Waals surface area (Å²) < 4.78 is 34.0. The lowest BCUT2D eigenvalue weighted by Gasteiger charge is -2.34. The topological polar surface area (TPSA) is 94.8 Å². The summed E-state index contributed by atoms with van der Waals surface area (Å²) in [6.07, 6.45) is 0. The number of benzene rings is 3. The van der Waals surface area contributed by atoms with Gasteiger partial charge in [-0.25, -0.2) is 0 Å². The summed E-state index contributed by atoms with van der Waals surface area (Å²) in [7, 11) is -5.08. The molecule has 3 aromatic rings. The molecule has 1 unspecified atom stereocenters. The van der Waals surface area contributed by atoms with Crippen molar-refractivity contribution < 1.29 is 23.2 Å². The number of phenols is 2. The molecule has 0 spiro atoms. The molecular formula is C19H12Cl4O5S. The molecule has 3 rings (SSSR count). The van der Waals surface area contributed by atoms with E-state index in [4.69, 9.17) is 46.4 Å². The van der Waals surface area contributed by atoms with Crippen LogP contribution in [0.15, 0.2) is 54.6 Å². The fourth-order valence-electron chi connectivity index (χ4n) is 3.20. The van der Waals surface area contributed by atoms with Gasteiger partial charge >= 0.3 is 0 Å².